The van der Waals surface area contributed by atoms with E-state index in [9.17, 15) is 0 Å². The van der Waals surface area contributed by atoms with Gasteiger partial charge in [0, 0.05) is 19.2 Å². The van der Waals surface area contributed by atoms with Crippen molar-refractivity contribution in [2.45, 2.75) is 52.0 Å². The molecule has 0 saturated carbocycles. The number of nitrogens with one attached hydrogen (secondary N) is 1. The van der Waals surface area contributed by atoms with Crippen LogP contribution in [0.2, 0.25) is 0 Å². The zero-order valence-corrected chi connectivity index (χ0v) is 12.0. The van der Waals surface area contributed by atoms with Crippen LogP contribution in [0, 0.1) is 0 Å². The van der Waals surface area contributed by atoms with Crippen LogP contribution in [0.25, 0.3) is 0 Å². The first kappa shape index (κ1) is 14.5. The maximum Gasteiger partial charge on any atom is 0.159 e. The molecule has 2 rings (SSSR count). The summed E-state index contributed by atoms with van der Waals surface area (Å²) in [5.41, 5.74) is 1.23. The third kappa shape index (κ3) is 4.03. The fraction of sp³-hybridized carbons (Fsp3) is 0.786. The zero-order chi connectivity index (χ0) is 13.5. The fourth-order valence-corrected chi connectivity index (χ4v) is 2.40. The highest BCUT2D eigenvalue weighted by molar-refractivity contribution is 5.07. The molecular weight excluding hydrogens is 242 g/mol. The quantitative estimate of drug-likeness (QED) is 0.783. The maximum absolute atomic E-state index is 5.57. The molecule has 1 aromatic rings. The molecule has 1 aromatic heterocycles. The molecule has 0 radical (unpaired) electrons. The van der Waals surface area contributed by atoms with Gasteiger partial charge in [-0.3, -0.25) is 4.68 Å². The second-order valence-electron chi connectivity index (χ2n) is 4.89. The second kappa shape index (κ2) is 7.62. The summed E-state index contributed by atoms with van der Waals surface area (Å²) < 4.78 is 13.2. The predicted molar refractivity (Wildman–Crippen MR) is 73.9 cm³/mol. The van der Waals surface area contributed by atoms with Gasteiger partial charge in [-0.1, -0.05) is 13.8 Å². The monoisotopic (exact) mass is 267 g/mol. The second-order valence-corrected chi connectivity index (χ2v) is 4.89. The summed E-state index contributed by atoms with van der Waals surface area (Å²) >= 11 is 0. The topological polar surface area (TPSA) is 48.3 Å². The van der Waals surface area contributed by atoms with Gasteiger partial charge in [-0.25, -0.2) is 0 Å². The van der Waals surface area contributed by atoms with E-state index in [-0.39, 0.29) is 12.3 Å². The molecule has 0 spiro atoms. The van der Waals surface area contributed by atoms with Gasteiger partial charge in [0.25, 0.3) is 0 Å². The Balaban J connectivity index is 2.03. The van der Waals surface area contributed by atoms with E-state index in [1.807, 2.05) is 6.20 Å². The molecule has 1 aliphatic rings. The molecule has 108 valence electrons. The van der Waals surface area contributed by atoms with Crippen LogP contribution in [-0.2, 0) is 16.0 Å². The van der Waals surface area contributed by atoms with Crippen molar-refractivity contribution in [3.63, 3.8) is 0 Å². The first-order valence-corrected chi connectivity index (χ1v) is 7.33. The highest BCUT2D eigenvalue weighted by Gasteiger charge is 2.24. The summed E-state index contributed by atoms with van der Waals surface area (Å²) in [7, 11) is 0. The smallest absolute Gasteiger partial charge is 0.159 e. The Morgan fingerprint density at radius 2 is 2.16 bits per heavy atom. The normalized spacial score (nSPS) is 18.0. The average molecular weight is 267 g/mol. The molecule has 0 amide bonds. The largest absolute Gasteiger partial charge is 0.350 e. The lowest BCUT2D eigenvalue weighted by Gasteiger charge is -2.22. The molecule has 1 N–H and O–H groups in total. The van der Waals surface area contributed by atoms with Crippen molar-refractivity contribution >= 4 is 0 Å². The van der Waals surface area contributed by atoms with Crippen molar-refractivity contribution in [1.29, 1.82) is 0 Å². The van der Waals surface area contributed by atoms with Crippen LogP contribution >= 0.6 is 0 Å². The molecule has 2 heterocycles. The van der Waals surface area contributed by atoms with Gasteiger partial charge in [0.1, 0.15) is 0 Å². The number of aromatic nitrogens is 2. The van der Waals surface area contributed by atoms with Crippen molar-refractivity contribution in [3.05, 3.63) is 18.0 Å². The Labute approximate surface area is 115 Å². The number of ether oxygens (including phenoxy) is 2. The standard InChI is InChI=1S/C14H25N3O2/c1-3-6-15-12(11-14-18-9-10-19-14)13-5-7-16-17(13)8-4-2/h5,7,12,14-15H,3-4,6,8-11H2,1-2H3. The zero-order valence-electron chi connectivity index (χ0n) is 12.0. The minimum atomic E-state index is -0.0840. The molecule has 5 nitrogen and oxygen atoms in total. The van der Waals surface area contributed by atoms with Gasteiger partial charge in [-0.15, -0.1) is 0 Å². The van der Waals surface area contributed by atoms with E-state index in [2.05, 4.69) is 35.0 Å². The number of nitrogens with zero attached hydrogens (tertiary/aromatic N) is 2. The van der Waals surface area contributed by atoms with E-state index in [4.69, 9.17) is 9.47 Å². The van der Waals surface area contributed by atoms with Crippen LogP contribution in [0.4, 0.5) is 0 Å². The van der Waals surface area contributed by atoms with Crippen LogP contribution in [0.5, 0.6) is 0 Å². The van der Waals surface area contributed by atoms with E-state index in [0.29, 0.717) is 13.2 Å². The van der Waals surface area contributed by atoms with E-state index in [0.717, 1.165) is 32.4 Å². The third-order valence-electron chi connectivity index (χ3n) is 3.30. The minimum absolute atomic E-state index is 0.0840. The van der Waals surface area contributed by atoms with Crippen molar-refractivity contribution in [3.8, 4) is 0 Å². The fourth-order valence-electron chi connectivity index (χ4n) is 2.40. The van der Waals surface area contributed by atoms with Gasteiger partial charge in [-0.05, 0) is 25.5 Å². The van der Waals surface area contributed by atoms with E-state index in [1.165, 1.54) is 5.69 Å². The Bertz CT molecular complexity index is 361. The lowest BCUT2D eigenvalue weighted by Crippen LogP contribution is -2.28. The molecule has 1 unspecified atom stereocenters. The third-order valence-corrected chi connectivity index (χ3v) is 3.30. The summed E-state index contributed by atoms with van der Waals surface area (Å²) in [6.45, 7) is 7.71. The van der Waals surface area contributed by atoms with Crippen molar-refractivity contribution < 1.29 is 9.47 Å². The van der Waals surface area contributed by atoms with Gasteiger partial charge >= 0.3 is 0 Å². The summed E-state index contributed by atoms with van der Waals surface area (Å²) in [4.78, 5) is 0. The van der Waals surface area contributed by atoms with Crippen LogP contribution in [0.15, 0.2) is 12.3 Å². The Morgan fingerprint density at radius 1 is 1.37 bits per heavy atom. The molecule has 0 bridgehead atoms. The Hall–Kier alpha value is -0.910. The summed E-state index contributed by atoms with van der Waals surface area (Å²) in [6.07, 6.45) is 4.84. The van der Waals surface area contributed by atoms with Crippen LogP contribution in [0.1, 0.15) is 44.8 Å². The average Bonchev–Trinajstić information content (AvgIpc) is 3.06. The summed E-state index contributed by atoms with van der Waals surface area (Å²) in [6, 6.07) is 2.34. The highest BCUT2D eigenvalue weighted by Crippen LogP contribution is 2.22. The van der Waals surface area contributed by atoms with Crippen LogP contribution in [-0.4, -0.2) is 35.8 Å². The van der Waals surface area contributed by atoms with Gasteiger partial charge in [0.15, 0.2) is 6.29 Å². The Kier molecular flexibility index (Phi) is 5.82. The predicted octanol–water partition coefficient (Wildman–Crippen LogP) is 2.10. The number of hydrogen-bond acceptors (Lipinski definition) is 4. The molecule has 1 fully saturated rings. The van der Waals surface area contributed by atoms with E-state index >= 15 is 0 Å². The SMILES string of the molecule is CCCNC(CC1OCCO1)c1ccnn1CCC. The highest BCUT2D eigenvalue weighted by atomic mass is 16.7. The van der Waals surface area contributed by atoms with E-state index < -0.39 is 0 Å². The molecule has 0 aromatic carbocycles. The van der Waals surface area contributed by atoms with Crippen LogP contribution in [0.3, 0.4) is 0 Å². The van der Waals surface area contributed by atoms with E-state index in [1.54, 1.807) is 0 Å². The van der Waals surface area contributed by atoms with Crippen molar-refractivity contribution in [2.24, 2.45) is 0 Å². The molecular formula is C14H25N3O2. The summed E-state index contributed by atoms with van der Waals surface area (Å²) in [5, 5.41) is 7.98. The number of aryl methyl sites for hydroxylation is 1. The van der Waals surface area contributed by atoms with Crippen molar-refractivity contribution in [2.75, 3.05) is 19.8 Å². The molecule has 1 atom stereocenters. The van der Waals surface area contributed by atoms with Crippen molar-refractivity contribution in [1.82, 2.24) is 15.1 Å². The molecule has 1 aliphatic heterocycles. The number of hydrogen-bond donors (Lipinski definition) is 1. The molecule has 19 heavy (non-hydrogen) atoms. The molecule has 1 saturated heterocycles. The summed E-state index contributed by atoms with van der Waals surface area (Å²) in [5.74, 6) is 0. The first-order chi connectivity index (χ1) is 9.35. The van der Waals surface area contributed by atoms with Crippen LogP contribution < -0.4 is 5.32 Å². The minimum Gasteiger partial charge on any atom is -0.350 e. The Morgan fingerprint density at radius 3 is 2.84 bits per heavy atom. The van der Waals surface area contributed by atoms with Gasteiger partial charge < -0.3 is 14.8 Å². The van der Waals surface area contributed by atoms with Gasteiger partial charge in [0.2, 0.25) is 0 Å². The molecule has 0 aliphatic carbocycles. The lowest BCUT2D eigenvalue weighted by atomic mass is 10.1. The lowest BCUT2D eigenvalue weighted by molar-refractivity contribution is -0.0534. The number of rotatable bonds is 8. The molecule has 5 heteroatoms. The maximum atomic E-state index is 5.57. The van der Waals surface area contributed by atoms with Gasteiger partial charge in [-0.2, -0.15) is 5.10 Å². The van der Waals surface area contributed by atoms with Gasteiger partial charge in [0.05, 0.1) is 24.9 Å². The first-order valence-electron chi connectivity index (χ1n) is 7.33.